The van der Waals surface area contributed by atoms with Gasteiger partial charge in [0.05, 0.1) is 10.9 Å². The van der Waals surface area contributed by atoms with Gasteiger partial charge in [0.1, 0.15) is 5.75 Å². The predicted molar refractivity (Wildman–Crippen MR) is 139 cm³/mol. The molecule has 1 unspecified atom stereocenters. The lowest BCUT2D eigenvalue weighted by molar-refractivity contribution is 0.0301. The third-order valence-electron chi connectivity index (χ3n) is 6.59. The maximum absolute atomic E-state index is 13.0. The Balaban J connectivity index is 1.99. The predicted octanol–water partition coefficient (Wildman–Crippen LogP) is 4.66. The zero-order valence-electron chi connectivity index (χ0n) is 20.5. The molecule has 3 rings (SSSR count). The van der Waals surface area contributed by atoms with Crippen LogP contribution in [0.15, 0.2) is 65.0 Å². The third-order valence-corrected chi connectivity index (χ3v) is 8.78. The Kier molecular flexibility index (Phi) is 8.82. The number of hydrogen-bond donors (Lipinski definition) is 1. The normalized spacial score (nSPS) is 21.0. The minimum atomic E-state index is -3.53. The highest BCUT2D eigenvalue weighted by atomic mass is 35.5. The SMILES string of the molecule is C=C(Cl)CN1C[C@H](C)N(C(c2ccc(S(=O)(=O)N(CC)CC)cc2)c2cccc(O)c2)C[C@H]1C. The number of sulfonamides is 1. The van der Waals surface area contributed by atoms with Crippen molar-refractivity contribution in [2.45, 2.75) is 50.7 Å². The lowest BCUT2D eigenvalue weighted by Gasteiger charge is -2.47. The summed E-state index contributed by atoms with van der Waals surface area (Å²) in [5.41, 5.74) is 1.95. The highest BCUT2D eigenvalue weighted by molar-refractivity contribution is 7.89. The fourth-order valence-corrected chi connectivity index (χ4v) is 6.44. The quantitative estimate of drug-likeness (QED) is 0.537. The summed E-state index contributed by atoms with van der Waals surface area (Å²) in [6.07, 6.45) is 0. The molecule has 1 saturated heterocycles. The van der Waals surface area contributed by atoms with E-state index in [1.54, 1.807) is 24.3 Å². The fourth-order valence-electron chi connectivity index (χ4n) is 4.83. The fraction of sp³-hybridized carbons (Fsp3) is 0.462. The van der Waals surface area contributed by atoms with Crippen LogP contribution < -0.4 is 0 Å². The summed E-state index contributed by atoms with van der Waals surface area (Å²) in [7, 11) is -3.53. The van der Waals surface area contributed by atoms with Gasteiger partial charge in [0.15, 0.2) is 0 Å². The molecule has 0 aliphatic carbocycles. The molecule has 0 bridgehead atoms. The van der Waals surface area contributed by atoms with E-state index in [2.05, 4.69) is 30.2 Å². The van der Waals surface area contributed by atoms with Gasteiger partial charge in [0, 0.05) is 49.8 Å². The monoisotopic (exact) mass is 505 g/mol. The van der Waals surface area contributed by atoms with Crippen LogP contribution in [0, 0.1) is 0 Å². The first-order chi connectivity index (χ1) is 16.1. The molecule has 0 amide bonds. The number of phenolic OH excluding ortho intramolecular Hbond substituents is 1. The summed E-state index contributed by atoms with van der Waals surface area (Å²) < 4.78 is 27.4. The molecule has 34 heavy (non-hydrogen) atoms. The Labute approximate surface area is 209 Å². The van der Waals surface area contributed by atoms with E-state index in [9.17, 15) is 13.5 Å². The second-order valence-electron chi connectivity index (χ2n) is 9.00. The number of halogens is 1. The van der Waals surface area contributed by atoms with Crippen molar-refractivity contribution in [3.8, 4) is 5.75 Å². The van der Waals surface area contributed by atoms with Crippen molar-refractivity contribution in [3.63, 3.8) is 0 Å². The van der Waals surface area contributed by atoms with Crippen LogP contribution >= 0.6 is 11.6 Å². The molecule has 2 aromatic rings. The number of benzene rings is 2. The minimum Gasteiger partial charge on any atom is -0.508 e. The molecule has 186 valence electrons. The van der Waals surface area contributed by atoms with Crippen molar-refractivity contribution >= 4 is 21.6 Å². The number of piperazine rings is 1. The molecule has 0 spiro atoms. The van der Waals surface area contributed by atoms with Crippen molar-refractivity contribution in [2.24, 2.45) is 0 Å². The van der Waals surface area contributed by atoms with Crippen molar-refractivity contribution in [1.82, 2.24) is 14.1 Å². The average molecular weight is 506 g/mol. The van der Waals surface area contributed by atoms with Gasteiger partial charge >= 0.3 is 0 Å². The summed E-state index contributed by atoms with van der Waals surface area (Å²) in [6.45, 7) is 15.0. The van der Waals surface area contributed by atoms with Gasteiger partial charge in [0.25, 0.3) is 0 Å². The van der Waals surface area contributed by atoms with E-state index >= 15 is 0 Å². The zero-order valence-corrected chi connectivity index (χ0v) is 22.1. The molecule has 1 fully saturated rings. The number of hydrogen-bond acceptors (Lipinski definition) is 5. The van der Waals surface area contributed by atoms with Gasteiger partial charge in [-0.25, -0.2) is 8.42 Å². The molecular weight excluding hydrogens is 470 g/mol. The highest BCUT2D eigenvalue weighted by Gasteiger charge is 2.35. The average Bonchev–Trinajstić information content (AvgIpc) is 2.78. The maximum Gasteiger partial charge on any atom is 0.243 e. The van der Waals surface area contributed by atoms with E-state index in [0.717, 1.165) is 24.2 Å². The number of rotatable bonds is 9. The highest BCUT2D eigenvalue weighted by Crippen LogP contribution is 2.35. The first-order valence-corrected chi connectivity index (χ1v) is 13.6. The lowest BCUT2D eigenvalue weighted by atomic mass is 9.93. The van der Waals surface area contributed by atoms with Crippen molar-refractivity contribution in [3.05, 3.63) is 71.3 Å². The Morgan fingerprint density at radius 3 is 2.29 bits per heavy atom. The van der Waals surface area contributed by atoms with Gasteiger partial charge < -0.3 is 5.11 Å². The molecule has 0 aromatic heterocycles. The Morgan fingerprint density at radius 1 is 1.09 bits per heavy atom. The van der Waals surface area contributed by atoms with Crippen LogP contribution in [0.25, 0.3) is 0 Å². The second kappa shape index (κ2) is 11.2. The van der Waals surface area contributed by atoms with Crippen LogP contribution in [0.3, 0.4) is 0 Å². The Morgan fingerprint density at radius 2 is 1.74 bits per heavy atom. The van der Waals surface area contributed by atoms with E-state index in [1.165, 1.54) is 4.31 Å². The summed E-state index contributed by atoms with van der Waals surface area (Å²) in [5.74, 6) is 0.209. The molecule has 1 aliphatic rings. The Hall–Kier alpha value is -1.90. The lowest BCUT2D eigenvalue weighted by Crippen LogP contribution is -2.57. The summed E-state index contributed by atoms with van der Waals surface area (Å²) >= 11 is 6.10. The first-order valence-electron chi connectivity index (χ1n) is 11.8. The molecule has 2 aromatic carbocycles. The van der Waals surface area contributed by atoms with Crippen molar-refractivity contribution in [2.75, 3.05) is 32.7 Å². The molecule has 1 heterocycles. The van der Waals surface area contributed by atoms with Gasteiger partial charge in [0.2, 0.25) is 10.0 Å². The molecule has 6 nitrogen and oxygen atoms in total. The van der Waals surface area contributed by atoms with E-state index < -0.39 is 10.0 Å². The summed E-state index contributed by atoms with van der Waals surface area (Å²) in [5, 5.41) is 10.8. The van der Waals surface area contributed by atoms with Crippen LogP contribution in [0.4, 0.5) is 0 Å². The van der Waals surface area contributed by atoms with Crippen molar-refractivity contribution in [1.29, 1.82) is 0 Å². The standard InChI is InChI=1S/C26H36ClN3O3S/c1-6-29(7-2)34(32,33)25-13-11-22(12-14-25)26(23-9-8-10-24(31)15-23)30-18-20(4)28(16-19(3)27)17-21(30)5/h8-15,20-21,26,31H,3,6-7,16-18H2,1-2,4-5H3/t20-,21+,26?/m1/s1. The number of nitrogens with zero attached hydrogens (tertiary/aromatic N) is 3. The van der Waals surface area contributed by atoms with Crippen LogP contribution in [-0.4, -0.2) is 72.4 Å². The topological polar surface area (TPSA) is 64.1 Å². The smallest absolute Gasteiger partial charge is 0.243 e. The van der Waals surface area contributed by atoms with Crippen LogP contribution in [-0.2, 0) is 10.0 Å². The van der Waals surface area contributed by atoms with Gasteiger partial charge in [-0.1, -0.05) is 56.3 Å². The molecule has 3 atom stereocenters. The van der Waals surface area contributed by atoms with Crippen LogP contribution in [0.2, 0.25) is 0 Å². The largest absolute Gasteiger partial charge is 0.508 e. The van der Waals surface area contributed by atoms with Gasteiger partial charge in [-0.3, -0.25) is 9.80 Å². The Bertz CT molecular complexity index is 1090. The van der Waals surface area contributed by atoms with E-state index in [-0.39, 0.29) is 23.9 Å². The van der Waals surface area contributed by atoms with Gasteiger partial charge in [-0.15, -0.1) is 0 Å². The third kappa shape index (κ3) is 5.83. The second-order valence-corrected chi connectivity index (χ2v) is 11.5. The van der Waals surface area contributed by atoms with Crippen LogP contribution in [0.1, 0.15) is 44.9 Å². The van der Waals surface area contributed by atoms with E-state index in [4.69, 9.17) is 11.6 Å². The number of aromatic hydroxyl groups is 1. The minimum absolute atomic E-state index is 0.129. The maximum atomic E-state index is 13.0. The molecule has 0 saturated carbocycles. The molecule has 1 N–H and O–H groups in total. The van der Waals surface area contributed by atoms with E-state index in [1.807, 2.05) is 38.1 Å². The number of phenols is 1. The molecular formula is C26H36ClN3O3S. The zero-order chi connectivity index (χ0) is 25.0. The molecule has 1 aliphatic heterocycles. The summed E-state index contributed by atoms with van der Waals surface area (Å²) in [6, 6.07) is 14.8. The summed E-state index contributed by atoms with van der Waals surface area (Å²) in [4.78, 5) is 5.04. The van der Waals surface area contributed by atoms with Crippen molar-refractivity contribution < 1.29 is 13.5 Å². The van der Waals surface area contributed by atoms with E-state index in [0.29, 0.717) is 29.6 Å². The molecule has 8 heteroatoms. The van der Waals surface area contributed by atoms with Crippen LogP contribution in [0.5, 0.6) is 5.75 Å². The first kappa shape index (κ1) is 26.7. The van der Waals surface area contributed by atoms with Gasteiger partial charge in [-0.05, 0) is 49.2 Å². The van der Waals surface area contributed by atoms with Gasteiger partial charge in [-0.2, -0.15) is 4.31 Å². The molecule has 0 radical (unpaired) electrons.